The third-order valence-electron chi connectivity index (χ3n) is 5.85. The first-order valence-corrected chi connectivity index (χ1v) is 12.8. The van der Waals surface area contributed by atoms with Crippen LogP contribution in [0.25, 0.3) is 20.8 Å². The number of hydrogen-bond acceptors (Lipinski definition) is 11. The predicted molar refractivity (Wildman–Crippen MR) is 135 cm³/mol. The van der Waals surface area contributed by atoms with Crippen molar-refractivity contribution in [3.63, 3.8) is 0 Å². The zero-order valence-electron chi connectivity index (χ0n) is 20.4. The van der Waals surface area contributed by atoms with Gasteiger partial charge < -0.3 is 40.1 Å². The molecule has 1 aliphatic rings. The maximum absolute atomic E-state index is 12.5. The van der Waals surface area contributed by atoms with E-state index in [2.05, 4.69) is 25.9 Å². The number of thiazole rings is 1. The summed E-state index contributed by atoms with van der Waals surface area (Å²) in [5, 5.41) is 63.2. The summed E-state index contributed by atoms with van der Waals surface area (Å²) in [7, 11) is 0. The third kappa shape index (κ3) is 6.39. The van der Waals surface area contributed by atoms with Crippen molar-refractivity contribution in [2.75, 3.05) is 6.61 Å². The fourth-order valence-electron chi connectivity index (χ4n) is 4.09. The van der Waals surface area contributed by atoms with Gasteiger partial charge in [0.25, 0.3) is 0 Å². The summed E-state index contributed by atoms with van der Waals surface area (Å²) >= 11 is 4.76. The van der Waals surface area contributed by atoms with Gasteiger partial charge in [0.1, 0.15) is 35.1 Å². The number of halogens is 1. The molecule has 0 bridgehead atoms. The monoisotopic (exact) mass is 618 g/mol. The number of carbonyl (C=O) groups is 1. The van der Waals surface area contributed by atoms with E-state index in [9.17, 15) is 35.4 Å². The first kappa shape index (κ1) is 30.9. The average molecular weight is 619 g/mol. The number of benzene rings is 2. The van der Waals surface area contributed by atoms with Crippen molar-refractivity contribution in [2.45, 2.75) is 49.6 Å². The molecule has 38 heavy (non-hydrogen) atoms. The van der Waals surface area contributed by atoms with E-state index < -0.39 is 61.1 Å². The van der Waals surface area contributed by atoms with Crippen LogP contribution < -0.4 is 39.4 Å². The summed E-state index contributed by atoms with van der Waals surface area (Å²) in [4.78, 5) is 20.9. The molecule has 1 aromatic heterocycles. The van der Waals surface area contributed by atoms with Gasteiger partial charge in [0, 0.05) is 4.47 Å². The number of ether oxygens (including phenoxy) is 2. The van der Waals surface area contributed by atoms with Crippen LogP contribution in [-0.4, -0.2) is 85.2 Å². The molecule has 0 spiro atoms. The Bertz CT molecular complexity index is 1290. The number of carboxylic acids is 1. The fraction of sp³-hybridized carbons (Fsp3) is 0.375. The van der Waals surface area contributed by atoms with Crippen LogP contribution in [0.2, 0.25) is 0 Å². The maximum atomic E-state index is 12.5. The van der Waals surface area contributed by atoms with Crippen LogP contribution in [0.3, 0.4) is 0 Å². The van der Waals surface area contributed by atoms with Crippen molar-refractivity contribution in [3.8, 4) is 16.3 Å². The molecule has 0 saturated carbocycles. The molecule has 2 heterocycles. The van der Waals surface area contributed by atoms with Crippen molar-refractivity contribution in [2.24, 2.45) is 4.99 Å². The largest absolute Gasteiger partial charge is 1.00 e. The van der Waals surface area contributed by atoms with Crippen LogP contribution in [0.4, 0.5) is 0 Å². The second-order valence-corrected chi connectivity index (χ2v) is 10.5. The molecule has 1 fully saturated rings. The molecule has 0 amide bonds. The minimum atomic E-state index is -2.54. The number of aliphatic imine (C=N–C) groups is 1. The molecule has 2 aromatic carbocycles. The van der Waals surface area contributed by atoms with E-state index in [1.165, 1.54) is 17.4 Å². The van der Waals surface area contributed by atoms with Crippen LogP contribution >= 0.6 is 27.3 Å². The van der Waals surface area contributed by atoms with Gasteiger partial charge in [-0.05, 0) is 43.2 Å². The van der Waals surface area contributed by atoms with Gasteiger partial charge in [0.05, 0.1) is 34.9 Å². The molecule has 0 radical (unpaired) electrons. The molecule has 11 nitrogen and oxygen atoms in total. The van der Waals surface area contributed by atoms with Crippen LogP contribution in [0.5, 0.6) is 5.75 Å². The summed E-state index contributed by atoms with van der Waals surface area (Å²) in [5.74, 6) is -4.81. The Labute approximate surface area is 251 Å². The number of carboxylic acid groups (broad SMARTS) is 1. The third-order valence-corrected chi connectivity index (χ3v) is 7.41. The van der Waals surface area contributed by atoms with E-state index in [0.717, 1.165) is 17.1 Å². The number of rotatable bonds is 8. The molecule has 0 aliphatic carbocycles. The molecule has 5 N–H and O–H groups in total. The number of aliphatic hydroxyl groups is 4. The Morgan fingerprint density at radius 3 is 2.68 bits per heavy atom. The summed E-state index contributed by atoms with van der Waals surface area (Å²) < 4.78 is 13.2. The number of aliphatic hydroxyl groups excluding tert-OH is 4. The molecule has 4 rings (SSSR count). The molecule has 1 saturated heterocycles. The molecular formula is C24H24BrN2NaO9S. The first-order valence-electron chi connectivity index (χ1n) is 11.2. The number of aliphatic carboxylic acids is 1. The zero-order valence-corrected chi connectivity index (χ0v) is 24.8. The number of nitrogens with zero attached hydrogens (tertiary/aromatic N) is 2. The van der Waals surface area contributed by atoms with E-state index in [0.29, 0.717) is 15.0 Å². The van der Waals surface area contributed by atoms with Gasteiger partial charge in [-0.15, -0.1) is 11.3 Å². The number of hydrogen-bond donors (Lipinski definition) is 5. The molecule has 6 atom stereocenters. The van der Waals surface area contributed by atoms with Crippen LogP contribution in [0, 0.1) is 0 Å². The van der Waals surface area contributed by atoms with Gasteiger partial charge in [0.2, 0.25) is 0 Å². The number of aromatic nitrogens is 1. The summed E-state index contributed by atoms with van der Waals surface area (Å²) in [6.45, 7) is 0.222. The molecule has 1 aliphatic heterocycles. The predicted octanol–water partition coefficient (Wildman–Crippen LogP) is -2.10. The quantitative estimate of drug-likeness (QED) is 0.106. The van der Waals surface area contributed by atoms with E-state index in [4.69, 9.17) is 9.47 Å². The van der Waals surface area contributed by atoms with Crippen LogP contribution in [0.15, 0.2) is 51.9 Å². The van der Waals surface area contributed by atoms with E-state index in [1.807, 2.05) is 24.3 Å². The Hall–Kier alpha value is -1.65. The first-order chi connectivity index (χ1) is 17.5. The van der Waals surface area contributed by atoms with Gasteiger partial charge in [0.15, 0.2) is 0 Å². The van der Waals surface area contributed by atoms with Gasteiger partial charge in [-0.25, -0.2) is 9.78 Å². The van der Waals surface area contributed by atoms with E-state index >= 15 is 0 Å². The minimum absolute atomic E-state index is 0. The molecule has 14 heteroatoms. The van der Waals surface area contributed by atoms with Gasteiger partial charge in [-0.3, -0.25) is 4.99 Å². The maximum Gasteiger partial charge on any atom is 1.00 e. The number of para-hydroxylation sites is 1. The Morgan fingerprint density at radius 1 is 1.34 bits per heavy atom. The van der Waals surface area contributed by atoms with Gasteiger partial charge in [-0.1, -0.05) is 28.1 Å². The Balaban J connectivity index is 0.00000400. The fourth-order valence-corrected chi connectivity index (χ4v) is 5.44. The van der Waals surface area contributed by atoms with Crippen molar-refractivity contribution in [3.05, 3.63) is 46.9 Å². The molecule has 0 unspecified atom stereocenters. The average Bonchev–Trinajstić information content (AvgIpc) is 3.29. The van der Waals surface area contributed by atoms with E-state index in [1.54, 1.807) is 12.1 Å². The molecule has 3 aromatic rings. The summed E-state index contributed by atoms with van der Waals surface area (Å²) in [6, 6.07) is 10.8. The molecular weight excluding hydrogens is 595 g/mol. The second kappa shape index (κ2) is 12.7. The van der Waals surface area contributed by atoms with Crippen molar-refractivity contribution < 1.29 is 74.5 Å². The topological polar surface area (TPSA) is 185 Å². The van der Waals surface area contributed by atoms with E-state index in [-0.39, 0.29) is 35.3 Å². The second-order valence-electron chi connectivity index (χ2n) is 8.52. The zero-order chi connectivity index (χ0) is 26.9. The SMILES string of the molecule is CC([O-])=N[C@H]1[C@H]([C@H](O)[C@H](O)CO)O[C@](Oc2ccc(Br)cc2-c2nc3ccccc3s2)(C(=O)O)C[C@@H]1O.[Na+]. The Kier molecular flexibility index (Phi) is 10.3. The van der Waals surface area contributed by atoms with Gasteiger partial charge >= 0.3 is 41.3 Å². The van der Waals surface area contributed by atoms with Gasteiger partial charge in [-0.2, -0.15) is 0 Å². The standard InChI is InChI=1S/C24H25BrN2O9S.Na/c1-11(29)26-19-15(30)9-24(23(33)34,36-21(19)20(32)16(31)10-28)35-17-7-6-12(25)8-13(17)22-27-14-4-2-3-5-18(14)37-22;/h2-8,15-16,19-21,28,30-32H,9-10H2,1H3,(H,26,29)(H,33,34);/q;+1/p-1/t15-,16+,19+,20+,21+,24-;/m0./s1. The smallest absolute Gasteiger partial charge is 0.862 e. The van der Waals surface area contributed by atoms with Crippen molar-refractivity contribution >= 4 is 49.4 Å². The summed E-state index contributed by atoms with van der Waals surface area (Å²) in [6.07, 6.45) is -7.63. The van der Waals surface area contributed by atoms with Crippen LogP contribution in [-0.2, 0) is 9.53 Å². The number of fused-ring (bicyclic) bond motifs is 1. The van der Waals surface area contributed by atoms with Crippen molar-refractivity contribution in [1.29, 1.82) is 0 Å². The normalized spacial score (nSPS) is 25.4. The minimum Gasteiger partial charge on any atom is -0.862 e. The Morgan fingerprint density at radius 2 is 2.05 bits per heavy atom. The van der Waals surface area contributed by atoms with Crippen LogP contribution in [0.1, 0.15) is 13.3 Å². The summed E-state index contributed by atoms with van der Waals surface area (Å²) in [5.41, 5.74) is 1.18. The molecule has 198 valence electrons. The van der Waals surface area contributed by atoms with Crippen molar-refractivity contribution in [1.82, 2.24) is 4.98 Å².